The number of nitrogens with zero attached hydrogens (tertiary/aromatic N) is 3. The lowest BCUT2D eigenvalue weighted by Crippen LogP contribution is -2.47. The number of aryl methyl sites for hydroxylation is 1. The highest BCUT2D eigenvalue weighted by atomic mass is 35.5. The molecule has 1 amide bonds. The van der Waals surface area contributed by atoms with Gasteiger partial charge in [-0.15, -0.1) is 0 Å². The first-order valence-corrected chi connectivity index (χ1v) is 11.4. The molecule has 0 atom stereocenters. The van der Waals surface area contributed by atoms with E-state index in [1.54, 1.807) is 54.7 Å². The van der Waals surface area contributed by atoms with Gasteiger partial charge in [-0.1, -0.05) is 11.6 Å². The van der Waals surface area contributed by atoms with Gasteiger partial charge in [0.25, 0.3) is 5.91 Å². The average Bonchev–Trinajstić information content (AvgIpc) is 2.75. The zero-order valence-electron chi connectivity index (χ0n) is 16.7. The van der Waals surface area contributed by atoms with Crippen molar-refractivity contribution in [1.82, 2.24) is 14.7 Å². The van der Waals surface area contributed by atoms with E-state index in [9.17, 15) is 13.2 Å². The molecule has 0 radical (unpaired) electrons. The van der Waals surface area contributed by atoms with Crippen LogP contribution in [0.5, 0.6) is 0 Å². The van der Waals surface area contributed by atoms with Crippen molar-refractivity contribution in [3.8, 4) is 11.4 Å². The maximum Gasteiger partial charge on any atom is 0.301 e. The zero-order chi connectivity index (χ0) is 22.0. The van der Waals surface area contributed by atoms with Crippen LogP contribution in [0.2, 0.25) is 5.02 Å². The van der Waals surface area contributed by atoms with E-state index in [4.69, 9.17) is 11.6 Å². The highest BCUT2D eigenvalue weighted by molar-refractivity contribution is 7.90. The fourth-order valence-electron chi connectivity index (χ4n) is 3.23. The average molecular weight is 458 g/mol. The van der Waals surface area contributed by atoms with Crippen molar-refractivity contribution in [1.29, 1.82) is 0 Å². The molecule has 1 aromatic heterocycles. The number of aromatic nitrogens is 2. The Morgan fingerprint density at radius 3 is 2.65 bits per heavy atom. The minimum Gasteiger partial charge on any atom is -0.322 e. The molecule has 1 fully saturated rings. The smallest absolute Gasteiger partial charge is 0.301 e. The molecule has 1 aliphatic heterocycles. The molecular formula is C21H20ClN5O3S. The quantitative estimate of drug-likeness (QED) is 0.624. The van der Waals surface area contributed by atoms with Crippen molar-refractivity contribution in [2.45, 2.75) is 13.3 Å². The predicted octanol–water partition coefficient (Wildman–Crippen LogP) is 3.40. The van der Waals surface area contributed by atoms with E-state index in [0.717, 1.165) is 5.69 Å². The van der Waals surface area contributed by atoms with E-state index >= 15 is 0 Å². The number of carbonyl (C=O) groups is 1. The minimum atomic E-state index is -3.54. The Bertz CT molecular complexity index is 1230. The molecule has 2 N–H and O–H groups in total. The maximum absolute atomic E-state index is 12.7. The van der Waals surface area contributed by atoms with Crippen LogP contribution in [0.4, 0.5) is 11.4 Å². The molecule has 160 valence electrons. The van der Waals surface area contributed by atoms with Gasteiger partial charge in [0.05, 0.1) is 10.7 Å². The zero-order valence-corrected chi connectivity index (χ0v) is 18.2. The molecule has 3 aromatic rings. The third-order valence-electron chi connectivity index (χ3n) is 4.79. The van der Waals surface area contributed by atoms with Gasteiger partial charge in [-0.05, 0) is 61.9 Å². The number of hydrogen-bond acceptors (Lipinski definition) is 5. The Hall–Kier alpha value is -3.01. The molecule has 2 heterocycles. The van der Waals surface area contributed by atoms with Crippen LogP contribution in [0.15, 0.2) is 54.7 Å². The summed E-state index contributed by atoms with van der Waals surface area (Å²) in [6.07, 6.45) is 2.36. The summed E-state index contributed by atoms with van der Waals surface area (Å²) >= 11 is 6.30. The Balaban J connectivity index is 1.53. The van der Waals surface area contributed by atoms with Gasteiger partial charge >= 0.3 is 10.2 Å². The summed E-state index contributed by atoms with van der Waals surface area (Å²) in [6.45, 7) is 2.69. The van der Waals surface area contributed by atoms with E-state index in [-0.39, 0.29) is 5.91 Å². The van der Waals surface area contributed by atoms with Crippen molar-refractivity contribution in [2.75, 3.05) is 22.7 Å². The molecule has 31 heavy (non-hydrogen) atoms. The van der Waals surface area contributed by atoms with Crippen LogP contribution >= 0.6 is 11.6 Å². The first-order valence-electron chi connectivity index (χ1n) is 9.62. The second kappa shape index (κ2) is 8.62. The summed E-state index contributed by atoms with van der Waals surface area (Å²) in [5, 5.41) is 3.30. The number of carbonyl (C=O) groups excluding carboxylic acids is 1. The van der Waals surface area contributed by atoms with E-state index in [1.807, 2.05) is 6.92 Å². The van der Waals surface area contributed by atoms with Crippen LogP contribution in [0.3, 0.4) is 0 Å². The molecule has 1 saturated heterocycles. The van der Waals surface area contributed by atoms with Crippen molar-refractivity contribution in [2.24, 2.45) is 0 Å². The number of amides is 1. The molecule has 0 bridgehead atoms. The number of halogens is 1. The molecule has 4 rings (SSSR count). The molecule has 1 aliphatic rings. The van der Waals surface area contributed by atoms with Crippen LogP contribution in [-0.2, 0) is 10.2 Å². The molecule has 0 aliphatic carbocycles. The predicted molar refractivity (Wildman–Crippen MR) is 120 cm³/mol. The highest BCUT2D eigenvalue weighted by Gasteiger charge is 2.25. The fourth-order valence-corrected chi connectivity index (χ4v) is 4.75. The summed E-state index contributed by atoms with van der Waals surface area (Å²) in [4.78, 5) is 21.3. The second-order valence-corrected chi connectivity index (χ2v) is 9.13. The van der Waals surface area contributed by atoms with Gasteiger partial charge in [0.1, 0.15) is 0 Å². The summed E-state index contributed by atoms with van der Waals surface area (Å²) in [7, 11) is -3.54. The van der Waals surface area contributed by atoms with Crippen LogP contribution < -0.4 is 14.3 Å². The normalized spacial score (nSPS) is 15.5. The molecular weight excluding hydrogens is 438 g/mol. The van der Waals surface area contributed by atoms with Gasteiger partial charge in [0.15, 0.2) is 5.82 Å². The van der Waals surface area contributed by atoms with E-state index in [2.05, 4.69) is 20.0 Å². The fraction of sp³-hybridized carbons (Fsp3) is 0.190. The van der Waals surface area contributed by atoms with Gasteiger partial charge in [0.2, 0.25) is 0 Å². The maximum atomic E-state index is 12.7. The van der Waals surface area contributed by atoms with Crippen molar-refractivity contribution in [3.63, 3.8) is 0 Å². The monoisotopic (exact) mass is 457 g/mol. The van der Waals surface area contributed by atoms with E-state index < -0.39 is 10.2 Å². The molecule has 2 aromatic carbocycles. The number of nitrogens with one attached hydrogen (secondary N) is 2. The van der Waals surface area contributed by atoms with Gasteiger partial charge in [-0.3, -0.25) is 9.10 Å². The number of hydrogen-bond donors (Lipinski definition) is 2. The largest absolute Gasteiger partial charge is 0.322 e. The lowest BCUT2D eigenvalue weighted by Gasteiger charge is -2.28. The summed E-state index contributed by atoms with van der Waals surface area (Å²) in [5.41, 5.74) is 2.87. The van der Waals surface area contributed by atoms with Crippen LogP contribution in [0.25, 0.3) is 11.4 Å². The molecule has 10 heteroatoms. The van der Waals surface area contributed by atoms with Crippen molar-refractivity contribution < 1.29 is 13.2 Å². The Labute approximate surface area is 185 Å². The van der Waals surface area contributed by atoms with E-state index in [1.165, 1.54) is 4.31 Å². The summed E-state index contributed by atoms with van der Waals surface area (Å²) in [6, 6.07) is 13.3. The Kier molecular flexibility index (Phi) is 5.90. The van der Waals surface area contributed by atoms with Crippen molar-refractivity contribution >= 4 is 39.1 Å². The first-order chi connectivity index (χ1) is 14.8. The second-order valence-electron chi connectivity index (χ2n) is 7.04. The van der Waals surface area contributed by atoms with Crippen LogP contribution in [0.1, 0.15) is 22.5 Å². The summed E-state index contributed by atoms with van der Waals surface area (Å²) in [5.74, 6) is 0.145. The number of rotatable bonds is 4. The molecule has 8 nitrogen and oxygen atoms in total. The third kappa shape index (κ3) is 4.68. The lowest BCUT2D eigenvalue weighted by atomic mass is 10.1. The highest BCUT2D eigenvalue weighted by Crippen LogP contribution is 2.29. The van der Waals surface area contributed by atoms with Gasteiger partial charge in [-0.2, -0.15) is 13.1 Å². The topological polar surface area (TPSA) is 104 Å². The standard InChI is InChI=1S/C21H20ClN5O3S/c1-14-9-11-23-20(25-14)18-13-16(5-8-19(18)22)26-21(28)15-3-6-17(7-4-15)27-12-2-10-24-31(27,29)30/h3-9,11,13,24H,2,10,12H2,1H3,(H,26,28). The SMILES string of the molecule is Cc1ccnc(-c2cc(NC(=O)c3ccc(N4CCCNS4(=O)=O)cc3)ccc2Cl)n1. The lowest BCUT2D eigenvalue weighted by molar-refractivity contribution is 0.102. The molecule has 0 spiro atoms. The number of benzene rings is 2. The van der Waals surface area contributed by atoms with Crippen LogP contribution in [-0.4, -0.2) is 37.4 Å². The third-order valence-corrected chi connectivity index (χ3v) is 6.66. The van der Waals surface area contributed by atoms with Crippen LogP contribution in [0, 0.1) is 6.92 Å². The summed E-state index contributed by atoms with van der Waals surface area (Å²) < 4.78 is 28.1. The Morgan fingerprint density at radius 2 is 1.94 bits per heavy atom. The number of anilines is 2. The minimum absolute atomic E-state index is 0.329. The Morgan fingerprint density at radius 1 is 1.16 bits per heavy atom. The van der Waals surface area contributed by atoms with Crippen molar-refractivity contribution in [3.05, 3.63) is 71.0 Å². The molecule has 0 saturated carbocycles. The van der Waals surface area contributed by atoms with E-state index in [0.29, 0.717) is 52.9 Å². The van der Waals surface area contributed by atoms with Gasteiger partial charge in [-0.25, -0.2) is 9.97 Å². The van der Waals surface area contributed by atoms with Gasteiger partial charge in [0, 0.05) is 41.8 Å². The van der Waals surface area contributed by atoms with Gasteiger partial charge < -0.3 is 5.32 Å². The molecule has 0 unspecified atom stereocenters. The first kappa shape index (κ1) is 21.2.